The second-order valence-corrected chi connectivity index (χ2v) is 4.20. The molecule has 2 fully saturated rings. The third-order valence-corrected chi connectivity index (χ3v) is 3.24. The average molecular weight is 183 g/mol. The normalized spacial score (nSPS) is 32.7. The van der Waals surface area contributed by atoms with Gasteiger partial charge in [-0.25, -0.2) is 0 Å². The number of aliphatic hydroxyl groups is 1. The molecule has 1 N–H and O–H groups in total. The molecule has 2 aliphatic rings. The molecular formula is C10H17NO2. The van der Waals surface area contributed by atoms with Crippen molar-refractivity contribution >= 4 is 5.78 Å². The molecule has 0 aromatic rings. The number of carbonyl (C=O) groups is 1. The number of piperidine rings is 1. The van der Waals surface area contributed by atoms with Crippen LogP contribution in [0.1, 0.15) is 32.1 Å². The van der Waals surface area contributed by atoms with Crippen molar-refractivity contribution < 1.29 is 9.90 Å². The van der Waals surface area contributed by atoms with Crippen LogP contribution in [0.15, 0.2) is 0 Å². The van der Waals surface area contributed by atoms with Crippen LogP contribution >= 0.6 is 0 Å². The summed E-state index contributed by atoms with van der Waals surface area (Å²) in [5, 5.41) is 9.33. The molecule has 1 saturated heterocycles. The van der Waals surface area contributed by atoms with Gasteiger partial charge in [-0.2, -0.15) is 0 Å². The predicted molar refractivity (Wildman–Crippen MR) is 49.5 cm³/mol. The van der Waals surface area contributed by atoms with Crippen LogP contribution in [-0.2, 0) is 4.79 Å². The van der Waals surface area contributed by atoms with Crippen LogP contribution in [0.4, 0.5) is 0 Å². The lowest BCUT2D eigenvalue weighted by Gasteiger charge is -2.33. The molecule has 1 saturated carbocycles. The van der Waals surface area contributed by atoms with Gasteiger partial charge in [-0.3, -0.25) is 9.69 Å². The van der Waals surface area contributed by atoms with Crippen molar-refractivity contribution in [2.45, 2.75) is 44.2 Å². The summed E-state index contributed by atoms with van der Waals surface area (Å²) in [6, 6.07) is 0.486. The molecule has 3 nitrogen and oxygen atoms in total. The van der Waals surface area contributed by atoms with Gasteiger partial charge in [0, 0.05) is 32.0 Å². The van der Waals surface area contributed by atoms with Crippen LogP contribution in [-0.4, -0.2) is 41.0 Å². The Morgan fingerprint density at radius 3 is 2.46 bits per heavy atom. The van der Waals surface area contributed by atoms with Crippen molar-refractivity contribution in [3.63, 3.8) is 0 Å². The van der Waals surface area contributed by atoms with Crippen LogP contribution in [0.2, 0.25) is 0 Å². The van der Waals surface area contributed by atoms with Crippen molar-refractivity contribution in [2.75, 3.05) is 13.1 Å². The van der Waals surface area contributed by atoms with E-state index in [-0.39, 0.29) is 6.10 Å². The first kappa shape index (κ1) is 9.16. The second-order valence-electron chi connectivity index (χ2n) is 4.20. The minimum atomic E-state index is -0.103. The number of likely N-dealkylation sites (tertiary alicyclic amines) is 1. The van der Waals surface area contributed by atoms with Gasteiger partial charge in [-0.1, -0.05) is 0 Å². The molecule has 0 aromatic carbocycles. The van der Waals surface area contributed by atoms with Crippen molar-refractivity contribution in [1.29, 1.82) is 0 Å². The smallest absolute Gasteiger partial charge is 0.134 e. The highest BCUT2D eigenvalue weighted by molar-refractivity contribution is 5.81. The zero-order valence-electron chi connectivity index (χ0n) is 7.91. The SMILES string of the molecule is O=C1CCC(N2CCC(O)CC2)C1. The number of aliphatic hydroxyl groups excluding tert-OH is 1. The molecule has 2 rings (SSSR count). The maximum Gasteiger partial charge on any atom is 0.134 e. The van der Waals surface area contributed by atoms with E-state index in [1.807, 2.05) is 0 Å². The molecule has 0 aromatic heterocycles. The summed E-state index contributed by atoms with van der Waals surface area (Å²) in [5.41, 5.74) is 0. The van der Waals surface area contributed by atoms with Crippen LogP contribution in [0.3, 0.4) is 0 Å². The van der Waals surface area contributed by atoms with Crippen LogP contribution in [0.25, 0.3) is 0 Å². The van der Waals surface area contributed by atoms with Crippen LogP contribution in [0.5, 0.6) is 0 Å². The fourth-order valence-corrected chi connectivity index (χ4v) is 2.36. The van der Waals surface area contributed by atoms with E-state index >= 15 is 0 Å². The molecule has 3 heteroatoms. The minimum absolute atomic E-state index is 0.103. The molecule has 1 atom stereocenters. The van der Waals surface area contributed by atoms with E-state index in [0.717, 1.165) is 45.2 Å². The standard InChI is InChI=1S/C10H17NO2/c12-9-3-5-11(6-4-9)8-1-2-10(13)7-8/h8-9,12H,1-7H2. The van der Waals surface area contributed by atoms with Crippen LogP contribution in [0, 0.1) is 0 Å². The van der Waals surface area contributed by atoms with Crippen molar-refractivity contribution in [2.24, 2.45) is 0 Å². The summed E-state index contributed by atoms with van der Waals surface area (Å²) in [5.74, 6) is 0.413. The molecule has 0 radical (unpaired) electrons. The monoisotopic (exact) mass is 183 g/mol. The Balaban J connectivity index is 1.84. The third kappa shape index (κ3) is 2.09. The molecule has 1 aliphatic heterocycles. The lowest BCUT2D eigenvalue weighted by molar-refractivity contribution is -0.117. The van der Waals surface area contributed by atoms with Gasteiger partial charge in [0.15, 0.2) is 0 Å². The van der Waals surface area contributed by atoms with Gasteiger partial charge in [0.25, 0.3) is 0 Å². The largest absolute Gasteiger partial charge is 0.393 e. The van der Waals surface area contributed by atoms with E-state index in [0.29, 0.717) is 11.8 Å². The molecule has 1 heterocycles. The van der Waals surface area contributed by atoms with Gasteiger partial charge >= 0.3 is 0 Å². The Bertz CT molecular complexity index is 197. The number of hydrogen-bond donors (Lipinski definition) is 1. The van der Waals surface area contributed by atoms with E-state index < -0.39 is 0 Å². The maximum absolute atomic E-state index is 11.1. The van der Waals surface area contributed by atoms with Gasteiger partial charge in [0.2, 0.25) is 0 Å². The van der Waals surface area contributed by atoms with E-state index in [2.05, 4.69) is 4.90 Å². The number of Topliss-reactive ketones (excluding diaryl/α,β-unsaturated/α-hetero) is 1. The van der Waals surface area contributed by atoms with E-state index in [9.17, 15) is 9.90 Å². The Kier molecular flexibility index (Phi) is 2.65. The Morgan fingerprint density at radius 1 is 1.23 bits per heavy atom. The second kappa shape index (κ2) is 3.76. The first-order valence-corrected chi connectivity index (χ1v) is 5.19. The Morgan fingerprint density at radius 2 is 1.92 bits per heavy atom. The van der Waals surface area contributed by atoms with Crippen LogP contribution < -0.4 is 0 Å². The Labute approximate surface area is 78.7 Å². The van der Waals surface area contributed by atoms with E-state index in [1.165, 1.54) is 0 Å². The average Bonchev–Trinajstić information content (AvgIpc) is 2.53. The summed E-state index contributed by atoms with van der Waals surface area (Å²) >= 11 is 0. The fraction of sp³-hybridized carbons (Fsp3) is 0.900. The number of nitrogens with zero attached hydrogens (tertiary/aromatic N) is 1. The highest BCUT2D eigenvalue weighted by atomic mass is 16.3. The highest BCUT2D eigenvalue weighted by Gasteiger charge is 2.29. The van der Waals surface area contributed by atoms with E-state index in [1.54, 1.807) is 0 Å². The summed E-state index contributed by atoms with van der Waals surface area (Å²) in [7, 11) is 0. The lowest BCUT2D eigenvalue weighted by Crippen LogP contribution is -2.41. The quantitative estimate of drug-likeness (QED) is 0.646. The fourth-order valence-electron chi connectivity index (χ4n) is 2.36. The molecule has 1 unspecified atom stereocenters. The molecule has 0 spiro atoms. The maximum atomic E-state index is 11.1. The minimum Gasteiger partial charge on any atom is -0.393 e. The predicted octanol–water partition coefficient (Wildman–Crippen LogP) is 0.565. The van der Waals surface area contributed by atoms with Crippen molar-refractivity contribution in [1.82, 2.24) is 4.90 Å². The molecule has 1 aliphatic carbocycles. The zero-order valence-corrected chi connectivity index (χ0v) is 7.91. The van der Waals surface area contributed by atoms with Gasteiger partial charge in [0.1, 0.15) is 5.78 Å². The lowest BCUT2D eigenvalue weighted by atomic mass is 10.1. The summed E-state index contributed by atoms with van der Waals surface area (Å²) < 4.78 is 0. The van der Waals surface area contributed by atoms with Gasteiger partial charge in [-0.15, -0.1) is 0 Å². The zero-order chi connectivity index (χ0) is 9.26. The number of ketones is 1. The number of carbonyl (C=O) groups excluding carboxylic acids is 1. The first-order valence-electron chi connectivity index (χ1n) is 5.19. The molecule has 74 valence electrons. The number of rotatable bonds is 1. The third-order valence-electron chi connectivity index (χ3n) is 3.24. The molecule has 13 heavy (non-hydrogen) atoms. The summed E-state index contributed by atoms with van der Waals surface area (Å²) in [4.78, 5) is 13.5. The topological polar surface area (TPSA) is 40.5 Å². The Hall–Kier alpha value is -0.410. The van der Waals surface area contributed by atoms with Crippen molar-refractivity contribution in [3.05, 3.63) is 0 Å². The molecule has 0 amide bonds. The van der Waals surface area contributed by atoms with Crippen molar-refractivity contribution in [3.8, 4) is 0 Å². The van der Waals surface area contributed by atoms with Gasteiger partial charge in [0.05, 0.1) is 6.10 Å². The summed E-state index contributed by atoms with van der Waals surface area (Å²) in [6.07, 6.45) is 4.21. The molecular weight excluding hydrogens is 166 g/mol. The van der Waals surface area contributed by atoms with Gasteiger partial charge < -0.3 is 5.11 Å². The number of hydrogen-bond acceptors (Lipinski definition) is 3. The van der Waals surface area contributed by atoms with Gasteiger partial charge in [-0.05, 0) is 19.3 Å². The molecule has 0 bridgehead atoms. The highest BCUT2D eigenvalue weighted by Crippen LogP contribution is 2.23. The summed E-state index contributed by atoms with van der Waals surface area (Å²) in [6.45, 7) is 1.94. The van der Waals surface area contributed by atoms with E-state index in [4.69, 9.17) is 0 Å². The first-order chi connectivity index (χ1) is 6.25.